The summed E-state index contributed by atoms with van der Waals surface area (Å²) in [7, 11) is -14.5. The molecule has 1 aromatic rings. The first-order chi connectivity index (χ1) is 13.2. The second kappa shape index (κ2) is 7.61. The van der Waals surface area contributed by atoms with Crippen molar-refractivity contribution in [3.8, 4) is 0 Å². The number of hydrogen-bond donors (Lipinski definition) is 5. The zero-order valence-corrected chi connectivity index (χ0v) is 16.9. The van der Waals surface area contributed by atoms with Gasteiger partial charge in [0.15, 0.2) is 0 Å². The lowest BCUT2D eigenvalue weighted by atomic mass is 10.0. The van der Waals surface area contributed by atoms with Gasteiger partial charge in [-0.3, -0.25) is 13.9 Å². The Balaban J connectivity index is 1.76. The zero-order valence-electron chi connectivity index (χ0n) is 14.3. The van der Waals surface area contributed by atoms with Crippen molar-refractivity contribution >= 4 is 23.5 Å². The lowest BCUT2D eigenvalue weighted by Gasteiger charge is -2.27. The molecule has 16 nitrogen and oxygen atoms in total. The van der Waals surface area contributed by atoms with Crippen LogP contribution < -0.4 is 11.2 Å². The highest BCUT2D eigenvalue weighted by Crippen LogP contribution is 2.80. The van der Waals surface area contributed by atoms with E-state index in [-0.39, 0.29) is 5.56 Å². The molecule has 0 aromatic carbocycles. The van der Waals surface area contributed by atoms with Crippen LogP contribution in [0.25, 0.3) is 0 Å². The minimum Gasteiger partial charge on any atom is -0.387 e. The quantitative estimate of drug-likeness (QED) is 0.313. The van der Waals surface area contributed by atoms with Gasteiger partial charge < -0.3 is 29.7 Å². The topological polar surface area (TPSA) is 233 Å². The standard InChI is InChI=1S/C10H15N2O14P3/c1-12-9(15)4(2-11-10(12)16)8-7(14)6(13)5(23-8)3-22-29(21)25-27(17,18)24-28(19,20)26-29/h2,5-8,13-14H,3H2,1H3,(H,11,16)(H,17,18)(H,19,20)/t5-,6+,7?,8+/m1/s1. The van der Waals surface area contributed by atoms with Gasteiger partial charge in [-0.25, -0.2) is 18.5 Å². The van der Waals surface area contributed by atoms with E-state index in [0.29, 0.717) is 4.57 Å². The van der Waals surface area contributed by atoms with Crippen LogP contribution in [-0.2, 0) is 42.9 Å². The number of phosphoric acid groups is 3. The molecule has 3 unspecified atom stereocenters. The van der Waals surface area contributed by atoms with Gasteiger partial charge in [-0.2, -0.15) is 12.9 Å². The molecule has 2 fully saturated rings. The van der Waals surface area contributed by atoms with Crippen LogP contribution in [-0.4, -0.2) is 54.5 Å². The van der Waals surface area contributed by atoms with Crippen LogP contribution >= 0.6 is 23.5 Å². The third kappa shape index (κ3) is 4.69. The summed E-state index contributed by atoms with van der Waals surface area (Å²) >= 11 is 0. The van der Waals surface area contributed by atoms with E-state index in [2.05, 4.69) is 22.4 Å². The van der Waals surface area contributed by atoms with E-state index in [4.69, 9.17) is 14.5 Å². The Kier molecular flexibility index (Phi) is 5.95. The molecule has 0 saturated carbocycles. The van der Waals surface area contributed by atoms with E-state index < -0.39 is 65.7 Å². The molecule has 0 amide bonds. The highest BCUT2D eigenvalue weighted by molar-refractivity contribution is 7.74. The Bertz CT molecular complexity index is 1040. The monoisotopic (exact) mass is 480 g/mol. The van der Waals surface area contributed by atoms with Gasteiger partial charge in [0, 0.05) is 13.2 Å². The van der Waals surface area contributed by atoms with E-state index >= 15 is 0 Å². The molecule has 1 aromatic heterocycles. The number of nitrogens with one attached hydrogen (secondary N) is 1. The second-order valence-corrected chi connectivity index (χ2v) is 10.9. The molecule has 2 aliphatic heterocycles. The van der Waals surface area contributed by atoms with Gasteiger partial charge in [0.1, 0.15) is 24.4 Å². The molecule has 6 atom stereocenters. The van der Waals surface area contributed by atoms with Gasteiger partial charge in [-0.05, 0) is 0 Å². The summed E-state index contributed by atoms with van der Waals surface area (Å²) in [5, 5.41) is 20.2. The summed E-state index contributed by atoms with van der Waals surface area (Å²) in [6, 6.07) is 0. The van der Waals surface area contributed by atoms with Crippen LogP contribution in [0.2, 0.25) is 0 Å². The molecular weight excluding hydrogens is 465 g/mol. The number of aliphatic hydroxyl groups excluding tert-OH is 2. The van der Waals surface area contributed by atoms with Gasteiger partial charge in [0.05, 0.1) is 12.2 Å². The first kappa shape index (κ1) is 22.7. The molecular formula is C10H15N2O14P3. The number of ether oxygens (including phenoxy) is 1. The number of nitrogens with zero attached hydrogens (tertiary/aromatic N) is 1. The Morgan fingerprint density at radius 1 is 1.10 bits per heavy atom. The van der Waals surface area contributed by atoms with Gasteiger partial charge in [0.2, 0.25) is 0 Å². The number of aliphatic hydroxyl groups is 2. The molecule has 2 saturated heterocycles. The van der Waals surface area contributed by atoms with Gasteiger partial charge in [-0.1, -0.05) is 0 Å². The lowest BCUT2D eigenvalue weighted by Crippen LogP contribution is -2.37. The first-order valence-electron chi connectivity index (χ1n) is 7.58. The van der Waals surface area contributed by atoms with Crippen molar-refractivity contribution in [2.45, 2.75) is 24.4 Å². The highest BCUT2D eigenvalue weighted by Gasteiger charge is 2.55. The van der Waals surface area contributed by atoms with Crippen LogP contribution in [0, 0.1) is 0 Å². The summed E-state index contributed by atoms with van der Waals surface area (Å²) in [5.41, 5.74) is -1.77. The van der Waals surface area contributed by atoms with Crippen molar-refractivity contribution in [3.05, 3.63) is 32.6 Å². The largest absolute Gasteiger partial charge is 0.492 e. The zero-order chi connectivity index (χ0) is 21.8. The fourth-order valence-electron chi connectivity index (χ4n) is 2.57. The predicted octanol–water partition coefficient (Wildman–Crippen LogP) is -1.38. The number of aromatic nitrogens is 2. The molecule has 5 N–H and O–H groups in total. The summed E-state index contributed by atoms with van der Waals surface area (Å²) < 4.78 is 57.4. The summed E-state index contributed by atoms with van der Waals surface area (Å²) in [6.45, 7) is -0.921. The van der Waals surface area contributed by atoms with Crippen molar-refractivity contribution in [2.24, 2.45) is 7.05 Å². The number of H-pyrrole nitrogens is 1. The Hall–Kier alpha value is -0.990. The van der Waals surface area contributed by atoms with E-state index in [0.717, 1.165) is 13.2 Å². The Morgan fingerprint density at radius 2 is 1.69 bits per heavy atom. The fraction of sp³-hybridized carbons (Fsp3) is 0.600. The van der Waals surface area contributed by atoms with Crippen molar-refractivity contribution in [1.29, 1.82) is 0 Å². The maximum absolute atomic E-state index is 12.2. The lowest BCUT2D eigenvalue weighted by molar-refractivity contribution is -0.0236. The smallest absolute Gasteiger partial charge is 0.387 e. The molecule has 29 heavy (non-hydrogen) atoms. The summed E-state index contributed by atoms with van der Waals surface area (Å²) in [4.78, 5) is 44.1. The third-order valence-corrected chi connectivity index (χ3v) is 9.25. The minimum absolute atomic E-state index is 0.217. The van der Waals surface area contributed by atoms with Crippen molar-refractivity contribution < 1.29 is 55.9 Å². The van der Waals surface area contributed by atoms with Crippen molar-refractivity contribution in [2.75, 3.05) is 6.61 Å². The van der Waals surface area contributed by atoms with Crippen molar-refractivity contribution in [3.63, 3.8) is 0 Å². The molecule has 0 radical (unpaired) electrons. The minimum atomic E-state index is -5.25. The van der Waals surface area contributed by atoms with Crippen LogP contribution in [0.5, 0.6) is 0 Å². The molecule has 0 bridgehead atoms. The normalized spacial score (nSPS) is 42.8. The van der Waals surface area contributed by atoms with E-state index in [1.165, 1.54) is 0 Å². The first-order valence-corrected chi connectivity index (χ1v) is 12.0. The summed E-state index contributed by atoms with van der Waals surface area (Å²) in [6.07, 6.45) is -5.34. The van der Waals surface area contributed by atoms with Gasteiger partial charge >= 0.3 is 29.2 Å². The summed E-state index contributed by atoms with van der Waals surface area (Å²) in [5.74, 6) is 0. The molecule has 0 spiro atoms. The SMILES string of the molecule is Cn1c(=O)[nH]cc([C@@H]2O[C@H](COP3(=O)OP(=O)(O)OP(=O)(O)O3)[C@H](O)C2O)c1=O. The van der Waals surface area contributed by atoms with Crippen LogP contribution in [0.1, 0.15) is 11.7 Å². The third-order valence-electron chi connectivity index (χ3n) is 3.89. The van der Waals surface area contributed by atoms with Gasteiger partial charge in [0.25, 0.3) is 5.56 Å². The van der Waals surface area contributed by atoms with Crippen LogP contribution in [0.15, 0.2) is 15.8 Å². The molecule has 164 valence electrons. The molecule has 19 heteroatoms. The fourth-order valence-corrected chi connectivity index (χ4v) is 7.51. The van der Waals surface area contributed by atoms with E-state index in [1.54, 1.807) is 0 Å². The number of hydrogen-bond acceptors (Lipinski definition) is 12. The Labute approximate surface area is 160 Å². The maximum Gasteiger partial charge on any atom is 0.492 e. The molecule has 2 aliphatic rings. The van der Waals surface area contributed by atoms with Crippen molar-refractivity contribution in [1.82, 2.24) is 9.55 Å². The molecule has 0 aliphatic carbocycles. The molecule has 3 heterocycles. The predicted molar refractivity (Wildman–Crippen MR) is 88.4 cm³/mol. The average molecular weight is 480 g/mol. The second-order valence-electron chi connectivity index (χ2n) is 5.91. The highest BCUT2D eigenvalue weighted by atomic mass is 31.3. The van der Waals surface area contributed by atoms with E-state index in [1.807, 2.05) is 0 Å². The average Bonchev–Trinajstić information content (AvgIpc) is 2.83. The van der Waals surface area contributed by atoms with Crippen LogP contribution in [0.4, 0.5) is 0 Å². The van der Waals surface area contributed by atoms with Gasteiger partial charge in [-0.15, -0.1) is 0 Å². The molecule has 3 rings (SSSR count). The van der Waals surface area contributed by atoms with Crippen LogP contribution in [0.3, 0.4) is 0 Å². The number of rotatable bonds is 4. The maximum atomic E-state index is 12.2. The van der Waals surface area contributed by atoms with E-state index in [9.17, 15) is 33.5 Å². The Morgan fingerprint density at radius 3 is 2.28 bits per heavy atom. The number of aromatic amines is 1.